The van der Waals surface area contributed by atoms with Crippen molar-refractivity contribution in [2.75, 3.05) is 0 Å². The van der Waals surface area contributed by atoms with E-state index in [0.717, 1.165) is 90.7 Å². The van der Waals surface area contributed by atoms with Gasteiger partial charge in [-0.25, -0.2) is 0 Å². The summed E-state index contributed by atoms with van der Waals surface area (Å²) in [5.41, 5.74) is 15.4. The zero-order valence-corrected chi connectivity index (χ0v) is 42.8. The molecule has 0 saturated carbocycles. The topological polar surface area (TPSA) is 58.2 Å². The molecule has 68 heavy (non-hydrogen) atoms. The number of rotatable bonds is 15. The second-order valence-electron chi connectivity index (χ2n) is 18.8. The predicted molar refractivity (Wildman–Crippen MR) is 286 cm³/mol. The normalized spacial score (nSPS) is 16.7. The molecule has 0 radical (unpaired) electrons. The first-order valence-corrected chi connectivity index (χ1v) is 34.5. The van der Waals surface area contributed by atoms with Crippen molar-refractivity contribution in [1.29, 1.82) is 0 Å². The number of benzene rings is 8. The molecular formula is C60H54BCl2N2O2Zr. The van der Waals surface area contributed by atoms with E-state index in [0.29, 0.717) is 12.8 Å². The van der Waals surface area contributed by atoms with Crippen LogP contribution in [0.15, 0.2) is 181 Å². The van der Waals surface area contributed by atoms with Crippen LogP contribution in [-0.4, -0.2) is 17.3 Å². The van der Waals surface area contributed by atoms with Crippen molar-refractivity contribution in [3.05, 3.63) is 203 Å². The van der Waals surface area contributed by atoms with E-state index < -0.39 is 27.9 Å². The van der Waals surface area contributed by atoms with Gasteiger partial charge in [-0.15, -0.1) is 0 Å². The molecule has 0 fully saturated rings. The number of nitrogens with one attached hydrogen (secondary N) is 2. The molecule has 0 aliphatic heterocycles. The van der Waals surface area contributed by atoms with Gasteiger partial charge < -0.3 is 0 Å². The fourth-order valence-electron chi connectivity index (χ4n) is 11.7. The van der Waals surface area contributed by atoms with Crippen LogP contribution in [0.4, 0.5) is 0 Å². The van der Waals surface area contributed by atoms with E-state index >= 15 is 0 Å². The van der Waals surface area contributed by atoms with Crippen molar-refractivity contribution in [2.45, 2.75) is 47.8 Å². The van der Waals surface area contributed by atoms with E-state index in [1.807, 2.05) is 0 Å². The average Bonchev–Trinajstić information content (AvgIpc) is 4.00. The second kappa shape index (κ2) is 18.6. The molecule has 10 rings (SSSR count). The summed E-state index contributed by atoms with van der Waals surface area (Å²) < 4.78 is -2.01. The van der Waals surface area contributed by atoms with Crippen LogP contribution in [0, 0.1) is 11.8 Å². The van der Waals surface area contributed by atoms with Gasteiger partial charge in [0.2, 0.25) is 0 Å². The van der Waals surface area contributed by atoms with Crippen LogP contribution in [0.1, 0.15) is 70.0 Å². The van der Waals surface area contributed by atoms with Gasteiger partial charge in [0.15, 0.2) is 0 Å². The van der Waals surface area contributed by atoms with Gasteiger partial charge in [0.05, 0.1) is 0 Å². The molecule has 4 atom stereocenters. The van der Waals surface area contributed by atoms with Gasteiger partial charge in [0.25, 0.3) is 0 Å². The molecule has 4 unspecified atom stereocenters. The molecule has 8 aromatic rings. The number of fused-ring (bicyclic) bond motifs is 4. The predicted octanol–water partition coefficient (Wildman–Crippen LogP) is 15.8. The van der Waals surface area contributed by atoms with Crippen molar-refractivity contribution in [1.82, 2.24) is 10.5 Å². The minimum absolute atomic E-state index is 0.0721. The van der Waals surface area contributed by atoms with Crippen molar-refractivity contribution >= 4 is 68.1 Å². The van der Waals surface area contributed by atoms with Gasteiger partial charge in [-0.2, -0.15) is 0 Å². The molecule has 2 amide bonds. The first kappa shape index (κ1) is 46.0. The van der Waals surface area contributed by atoms with E-state index in [9.17, 15) is 9.59 Å². The van der Waals surface area contributed by atoms with Gasteiger partial charge in [0, 0.05) is 0 Å². The third-order valence-electron chi connectivity index (χ3n) is 15.3. The van der Waals surface area contributed by atoms with E-state index in [1.54, 1.807) is 0 Å². The summed E-state index contributed by atoms with van der Waals surface area (Å²) in [6.07, 6.45) is 7.68. The summed E-state index contributed by atoms with van der Waals surface area (Å²) in [6, 6.07) is 60.4. The summed E-state index contributed by atoms with van der Waals surface area (Å²) in [4.78, 5) is 25.9. The Morgan fingerprint density at radius 2 is 0.794 bits per heavy atom. The van der Waals surface area contributed by atoms with Gasteiger partial charge in [0.1, 0.15) is 0 Å². The number of hydrogen-bond donors (Lipinski definition) is 2. The van der Waals surface area contributed by atoms with Crippen molar-refractivity contribution in [3.63, 3.8) is 0 Å². The van der Waals surface area contributed by atoms with Crippen molar-refractivity contribution in [2.24, 2.45) is 11.8 Å². The Morgan fingerprint density at radius 3 is 1.19 bits per heavy atom. The number of carbonyl (C=O) groups is 2. The first-order chi connectivity index (χ1) is 33.1. The van der Waals surface area contributed by atoms with Crippen LogP contribution in [0.25, 0.3) is 78.2 Å². The minimum atomic E-state index is -6.16. The Kier molecular flexibility index (Phi) is 12.6. The van der Waals surface area contributed by atoms with Crippen molar-refractivity contribution < 1.29 is 25.8 Å². The van der Waals surface area contributed by atoms with Crippen LogP contribution in [-0.2, 0) is 25.8 Å². The van der Waals surface area contributed by atoms with E-state index in [-0.39, 0.29) is 11.8 Å². The second-order valence-corrected chi connectivity index (χ2v) is 40.2. The Morgan fingerprint density at radius 1 is 0.471 bits per heavy atom. The third-order valence-corrected chi connectivity index (χ3v) is 35.1. The quantitative estimate of drug-likeness (QED) is 0.0794. The Balaban J connectivity index is 1.23. The van der Waals surface area contributed by atoms with Crippen LogP contribution in [0.3, 0.4) is 0 Å². The SMILES string of the molecule is CCC(C)C1=Cc2c(-c3ccccc3-c3cccc4ccccc34)cccc2[CH]1[Zr]([Cl])([Cl])([B](NC=O)NC=O)[CH]1C(C(C)CC)=Cc2c(-c3ccccc3-c3cccc4ccccc34)cccc21. The molecule has 0 aromatic heterocycles. The summed E-state index contributed by atoms with van der Waals surface area (Å²) in [5.74, 6) is 0.144. The molecule has 0 bridgehead atoms. The van der Waals surface area contributed by atoms with E-state index in [2.05, 4.69) is 220 Å². The van der Waals surface area contributed by atoms with Gasteiger partial charge in [-0.3, -0.25) is 0 Å². The molecule has 2 N–H and O–H groups in total. The van der Waals surface area contributed by atoms with Gasteiger partial charge >= 0.3 is 412 Å². The van der Waals surface area contributed by atoms with Crippen molar-refractivity contribution in [3.8, 4) is 44.5 Å². The van der Waals surface area contributed by atoms with Crippen LogP contribution in [0.2, 0.25) is 0 Å². The fourth-order valence-corrected chi connectivity index (χ4v) is 32.4. The molecule has 8 aromatic carbocycles. The first-order valence-electron chi connectivity index (χ1n) is 23.9. The number of halogens is 2. The molecular weight excluding hydrogens is 954 g/mol. The Bertz CT molecular complexity index is 3120. The van der Waals surface area contributed by atoms with E-state index in [1.165, 1.54) is 21.5 Å². The Hall–Kier alpha value is -5.77. The van der Waals surface area contributed by atoms with Gasteiger partial charge in [-0.05, 0) is 0 Å². The summed E-state index contributed by atoms with van der Waals surface area (Å²) in [7, 11) is 18.0. The average molecular weight is 1010 g/mol. The molecule has 4 nitrogen and oxygen atoms in total. The number of hydrogen-bond acceptors (Lipinski definition) is 2. The fraction of sp³-hybridized carbons (Fsp3) is 0.167. The zero-order valence-electron chi connectivity index (χ0n) is 38.8. The molecule has 2 aliphatic rings. The Labute approximate surface area is 408 Å². The van der Waals surface area contributed by atoms with Crippen LogP contribution >= 0.6 is 17.0 Å². The summed E-state index contributed by atoms with van der Waals surface area (Å²) in [6.45, 7) is 8.91. The number of allylic oxidation sites excluding steroid dienone is 2. The maximum absolute atomic E-state index is 13.0. The molecule has 8 heteroatoms. The number of amides is 2. The molecule has 0 saturated heterocycles. The zero-order chi connectivity index (χ0) is 47.2. The van der Waals surface area contributed by atoms with Gasteiger partial charge in [-0.1, -0.05) is 0 Å². The third kappa shape index (κ3) is 7.47. The monoisotopic (exact) mass is 1010 g/mol. The standard InChI is InChI=1S/2C29H25.C2H3BN2O2.2ClH.Zr/c2*1-3-20(2)23-18-22-12-9-17-28(29(22)19-23)27-15-7-6-14-26(27)25-16-8-11-21-10-4-5-13-24(21)25;6-1-4-3-5-2-7;;;/h2*4-20H,3H2,1-2H3;1-2H,(H-,4,5,6,7);2*1H;/q;;;;;+1/p-1. The molecule has 0 heterocycles. The summed E-state index contributed by atoms with van der Waals surface area (Å²) in [5, 5.41) is 10.9. The molecule has 0 spiro atoms. The molecule has 337 valence electrons. The number of carbonyl (C=O) groups excluding carboxylic acids is 2. The molecule has 2 aliphatic carbocycles. The van der Waals surface area contributed by atoms with E-state index in [4.69, 9.17) is 17.0 Å². The van der Waals surface area contributed by atoms with Crippen LogP contribution in [0.5, 0.6) is 0 Å². The summed E-state index contributed by atoms with van der Waals surface area (Å²) >= 11 is -6.16. The van der Waals surface area contributed by atoms with Crippen LogP contribution < -0.4 is 10.5 Å². The maximum atomic E-state index is 13.0.